The van der Waals surface area contributed by atoms with Gasteiger partial charge in [0.1, 0.15) is 5.75 Å². The van der Waals surface area contributed by atoms with Crippen molar-refractivity contribution in [1.29, 1.82) is 0 Å². The van der Waals surface area contributed by atoms with Gasteiger partial charge >= 0.3 is 6.03 Å². The Labute approximate surface area is 194 Å². The van der Waals surface area contributed by atoms with Crippen LogP contribution in [0.3, 0.4) is 0 Å². The molecular formula is C25H27N3O4S. The molecule has 1 heterocycles. The predicted octanol–water partition coefficient (Wildman–Crippen LogP) is 4.78. The lowest BCUT2D eigenvalue weighted by atomic mass is 10.0. The van der Waals surface area contributed by atoms with E-state index in [1.54, 1.807) is 48.5 Å². The molecule has 0 bridgehead atoms. The second kappa shape index (κ2) is 9.64. The molecule has 1 aliphatic rings. The number of urea groups is 1. The van der Waals surface area contributed by atoms with Gasteiger partial charge < -0.3 is 15.4 Å². The first-order valence-corrected chi connectivity index (χ1v) is 12.3. The number of rotatable bonds is 6. The van der Waals surface area contributed by atoms with Crippen molar-refractivity contribution in [2.75, 3.05) is 23.8 Å². The fourth-order valence-corrected chi connectivity index (χ4v) is 5.19. The fourth-order valence-electron chi connectivity index (χ4n) is 3.77. The summed E-state index contributed by atoms with van der Waals surface area (Å²) in [7, 11) is -3.58. The van der Waals surface area contributed by atoms with Crippen molar-refractivity contribution in [3.63, 3.8) is 0 Å². The molecule has 2 amide bonds. The number of hydrogen-bond acceptors (Lipinski definition) is 4. The molecule has 2 N–H and O–H groups in total. The summed E-state index contributed by atoms with van der Waals surface area (Å²) in [5.74, 6) is 0.739. The number of hydrogen-bond donors (Lipinski definition) is 2. The maximum Gasteiger partial charge on any atom is 0.323 e. The SMILES string of the molecule is CCOc1ccc(NC(=O)Nc2ccc3c(c2)CN(S(=O)(=O)c2ccc(C)cc2)CC3)cc1. The number of benzene rings is 3. The number of anilines is 2. The number of ether oxygens (including phenoxy) is 1. The lowest BCUT2D eigenvalue weighted by Crippen LogP contribution is -2.36. The molecule has 0 radical (unpaired) electrons. The molecule has 1 aliphatic heterocycles. The number of nitrogens with one attached hydrogen (secondary N) is 2. The average molecular weight is 466 g/mol. The molecule has 3 aromatic rings. The van der Waals surface area contributed by atoms with E-state index in [9.17, 15) is 13.2 Å². The van der Waals surface area contributed by atoms with Gasteiger partial charge in [-0.05, 0) is 79.9 Å². The molecule has 33 heavy (non-hydrogen) atoms. The van der Waals surface area contributed by atoms with Gasteiger partial charge in [0.15, 0.2) is 0 Å². The van der Waals surface area contributed by atoms with Gasteiger partial charge in [-0.1, -0.05) is 23.8 Å². The zero-order valence-corrected chi connectivity index (χ0v) is 19.5. The molecule has 7 nitrogen and oxygen atoms in total. The van der Waals surface area contributed by atoms with Gasteiger partial charge in [0.2, 0.25) is 10.0 Å². The van der Waals surface area contributed by atoms with Crippen molar-refractivity contribution in [2.24, 2.45) is 0 Å². The van der Waals surface area contributed by atoms with E-state index in [1.165, 1.54) is 4.31 Å². The van der Waals surface area contributed by atoms with Crippen molar-refractivity contribution < 1.29 is 17.9 Å². The lowest BCUT2D eigenvalue weighted by Gasteiger charge is -2.28. The zero-order chi connectivity index (χ0) is 23.4. The number of carbonyl (C=O) groups excluding carboxylic acids is 1. The third kappa shape index (κ3) is 5.35. The molecule has 0 saturated carbocycles. The van der Waals surface area contributed by atoms with Crippen LogP contribution in [-0.4, -0.2) is 31.9 Å². The standard InChI is InChI=1S/C25H27N3O4S/c1-3-32-23-10-8-21(9-11-23)26-25(29)27-22-7-6-19-14-15-28(17-20(19)16-22)33(30,31)24-12-4-18(2)5-13-24/h4-13,16H,3,14-15,17H2,1-2H3,(H2,26,27,29). The van der Waals surface area contributed by atoms with Crippen LogP contribution in [0.5, 0.6) is 5.75 Å². The Bertz CT molecular complexity index is 1240. The van der Waals surface area contributed by atoms with Gasteiger partial charge in [-0.15, -0.1) is 0 Å². The maximum atomic E-state index is 13.1. The van der Waals surface area contributed by atoms with Crippen molar-refractivity contribution in [3.05, 3.63) is 83.4 Å². The highest BCUT2D eigenvalue weighted by atomic mass is 32.2. The zero-order valence-electron chi connectivity index (χ0n) is 18.7. The van der Waals surface area contributed by atoms with Crippen LogP contribution in [0.25, 0.3) is 0 Å². The summed E-state index contributed by atoms with van der Waals surface area (Å²) in [6.07, 6.45) is 0.624. The van der Waals surface area contributed by atoms with Gasteiger partial charge in [0.25, 0.3) is 0 Å². The summed E-state index contributed by atoms with van der Waals surface area (Å²) in [5.41, 5.74) is 4.23. The predicted molar refractivity (Wildman–Crippen MR) is 129 cm³/mol. The van der Waals surface area contributed by atoms with E-state index in [2.05, 4.69) is 10.6 Å². The van der Waals surface area contributed by atoms with E-state index >= 15 is 0 Å². The summed E-state index contributed by atoms with van der Waals surface area (Å²) >= 11 is 0. The molecule has 0 unspecified atom stereocenters. The maximum absolute atomic E-state index is 13.1. The van der Waals surface area contributed by atoms with Gasteiger partial charge in [-0.2, -0.15) is 4.31 Å². The Hall–Kier alpha value is -3.36. The third-order valence-corrected chi connectivity index (χ3v) is 7.38. The minimum Gasteiger partial charge on any atom is -0.494 e. The Morgan fingerprint density at radius 2 is 1.61 bits per heavy atom. The van der Waals surface area contributed by atoms with E-state index in [-0.39, 0.29) is 12.6 Å². The summed E-state index contributed by atoms with van der Waals surface area (Å²) < 4.78 is 33.0. The normalized spacial score (nSPS) is 13.8. The summed E-state index contributed by atoms with van der Waals surface area (Å²) in [4.78, 5) is 12.7. The first-order valence-electron chi connectivity index (χ1n) is 10.8. The van der Waals surface area contributed by atoms with Crippen LogP contribution in [0.1, 0.15) is 23.6 Å². The number of amides is 2. The number of carbonyl (C=O) groups is 1. The first kappa shape index (κ1) is 22.8. The topological polar surface area (TPSA) is 87.7 Å². The minimum atomic E-state index is -3.58. The number of sulfonamides is 1. The largest absolute Gasteiger partial charge is 0.494 e. The summed E-state index contributed by atoms with van der Waals surface area (Å²) in [6, 6.07) is 19.2. The van der Waals surface area contributed by atoms with E-state index in [0.717, 1.165) is 22.4 Å². The Kier molecular flexibility index (Phi) is 6.67. The highest BCUT2D eigenvalue weighted by Crippen LogP contribution is 2.27. The molecular weight excluding hydrogens is 438 g/mol. The van der Waals surface area contributed by atoms with E-state index in [0.29, 0.717) is 35.8 Å². The molecule has 8 heteroatoms. The molecule has 3 aromatic carbocycles. The number of nitrogens with zero attached hydrogens (tertiary/aromatic N) is 1. The molecule has 0 fully saturated rings. The quantitative estimate of drug-likeness (QED) is 0.548. The third-order valence-electron chi connectivity index (χ3n) is 5.52. The van der Waals surface area contributed by atoms with Crippen molar-refractivity contribution in [2.45, 2.75) is 31.7 Å². The van der Waals surface area contributed by atoms with Crippen LogP contribution in [0.2, 0.25) is 0 Å². The smallest absolute Gasteiger partial charge is 0.323 e. The van der Waals surface area contributed by atoms with E-state index in [1.807, 2.05) is 32.0 Å². The monoisotopic (exact) mass is 465 g/mol. The number of fused-ring (bicyclic) bond motifs is 1. The molecule has 4 rings (SSSR count). The second-order valence-corrected chi connectivity index (χ2v) is 9.86. The van der Waals surface area contributed by atoms with Gasteiger partial charge in [-0.3, -0.25) is 0 Å². The van der Waals surface area contributed by atoms with Gasteiger partial charge in [0, 0.05) is 24.5 Å². The number of aryl methyl sites for hydroxylation is 1. The van der Waals surface area contributed by atoms with Gasteiger partial charge in [0.05, 0.1) is 11.5 Å². The Balaban J connectivity index is 1.44. The summed E-state index contributed by atoms with van der Waals surface area (Å²) in [5, 5.41) is 5.61. The van der Waals surface area contributed by atoms with Gasteiger partial charge in [-0.25, -0.2) is 13.2 Å². The first-order chi connectivity index (χ1) is 15.8. The van der Waals surface area contributed by atoms with Crippen LogP contribution >= 0.6 is 0 Å². The Morgan fingerprint density at radius 3 is 2.30 bits per heavy atom. The van der Waals surface area contributed by atoms with E-state index < -0.39 is 10.0 Å². The molecule has 0 saturated heterocycles. The van der Waals surface area contributed by atoms with E-state index in [4.69, 9.17) is 4.74 Å². The molecule has 0 aliphatic carbocycles. The Morgan fingerprint density at radius 1 is 0.939 bits per heavy atom. The average Bonchev–Trinajstić information content (AvgIpc) is 2.80. The van der Waals surface area contributed by atoms with Crippen molar-refractivity contribution in [1.82, 2.24) is 4.31 Å². The van der Waals surface area contributed by atoms with Crippen molar-refractivity contribution >= 4 is 27.4 Å². The molecule has 172 valence electrons. The summed E-state index contributed by atoms with van der Waals surface area (Å²) in [6.45, 7) is 5.11. The highest BCUT2D eigenvalue weighted by molar-refractivity contribution is 7.89. The lowest BCUT2D eigenvalue weighted by molar-refractivity contribution is 0.262. The fraction of sp³-hybridized carbons (Fsp3) is 0.240. The minimum absolute atomic E-state index is 0.265. The van der Waals surface area contributed by atoms with Crippen LogP contribution in [0.15, 0.2) is 71.6 Å². The van der Waals surface area contributed by atoms with Crippen LogP contribution in [-0.2, 0) is 23.0 Å². The molecule has 0 aromatic heterocycles. The van der Waals surface area contributed by atoms with Crippen LogP contribution in [0, 0.1) is 6.92 Å². The molecule has 0 spiro atoms. The highest BCUT2D eigenvalue weighted by Gasteiger charge is 2.28. The van der Waals surface area contributed by atoms with Crippen LogP contribution < -0.4 is 15.4 Å². The second-order valence-electron chi connectivity index (χ2n) is 7.92. The van der Waals surface area contributed by atoms with Crippen LogP contribution in [0.4, 0.5) is 16.2 Å². The molecule has 0 atom stereocenters. The van der Waals surface area contributed by atoms with Crippen molar-refractivity contribution in [3.8, 4) is 5.75 Å².